The SMILES string of the molecule is O=C1CC(CS(=O)(=O)Cl)CN1c1ccnc(Cl)c1I. The van der Waals surface area contributed by atoms with E-state index < -0.39 is 9.05 Å². The second kappa shape index (κ2) is 5.71. The number of amides is 1. The van der Waals surface area contributed by atoms with Crippen molar-refractivity contribution in [3.8, 4) is 0 Å². The summed E-state index contributed by atoms with van der Waals surface area (Å²) in [4.78, 5) is 17.4. The van der Waals surface area contributed by atoms with Crippen LogP contribution < -0.4 is 4.90 Å². The number of nitrogens with zero attached hydrogens (tertiary/aromatic N) is 2. The second-order valence-corrected chi connectivity index (χ2v) is 8.47. The minimum Gasteiger partial charge on any atom is -0.311 e. The molecule has 2 heterocycles. The van der Waals surface area contributed by atoms with Crippen LogP contribution in [0.25, 0.3) is 0 Å². The molecule has 0 aromatic carbocycles. The summed E-state index contributed by atoms with van der Waals surface area (Å²) < 4.78 is 22.8. The molecule has 104 valence electrons. The Labute approximate surface area is 133 Å². The first kappa shape index (κ1) is 15.3. The monoisotopic (exact) mass is 434 g/mol. The molecule has 9 heteroatoms. The van der Waals surface area contributed by atoms with Crippen molar-refractivity contribution in [2.45, 2.75) is 6.42 Å². The summed E-state index contributed by atoms with van der Waals surface area (Å²) in [6, 6.07) is 1.68. The molecule has 0 radical (unpaired) electrons. The van der Waals surface area contributed by atoms with Crippen molar-refractivity contribution in [3.63, 3.8) is 0 Å². The van der Waals surface area contributed by atoms with Gasteiger partial charge in [-0.3, -0.25) is 4.79 Å². The molecule has 1 aliphatic rings. The standard InChI is InChI=1S/C10H9Cl2IN2O3S/c11-10-9(13)7(1-2-14-10)15-4-6(3-8(15)16)5-19(12,17)18/h1-2,6H,3-5H2. The predicted octanol–water partition coefficient (Wildman–Crippen LogP) is 2.26. The number of hydrogen-bond acceptors (Lipinski definition) is 4. The van der Waals surface area contributed by atoms with E-state index in [0.717, 1.165) is 0 Å². The summed E-state index contributed by atoms with van der Waals surface area (Å²) in [6.07, 6.45) is 1.68. The predicted molar refractivity (Wildman–Crippen MR) is 82.1 cm³/mol. The van der Waals surface area contributed by atoms with Crippen molar-refractivity contribution in [2.75, 3.05) is 17.2 Å². The first-order valence-electron chi connectivity index (χ1n) is 5.30. The number of aromatic nitrogens is 1. The zero-order chi connectivity index (χ0) is 14.2. The number of pyridine rings is 1. The van der Waals surface area contributed by atoms with E-state index in [1.165, 1.54) is 11.1 Å². The van der Waals surface area contributed by atoms with E-state index in [4.69, 9.17) is 22.3 Å². The maximum atomic E-state index is 12.0. The van der Waals surface area contributed by atoms with Crippen LogP contribution in [-0.4, -0.2) is 31.6 Å². The van der Waals surface area contributed by atoms with E-state index in [1.54, 1.807) is 6.07 Å². The summed E-state index contributed by atoms with van der Waals surface area (Å²) in [5.74, 6) is -0.630. The molecule has 1 aliphatic heterocycles. The highest BCUT2D eigenvalue weighted by atomic mass is 127. The lowest BCUT2D eigenvalue weighted by molar-refractivity contribution is -0.117. The molecule has 0 bridgehead atoms. The molecule has 0 spiro atoms. The molecular formula is C10H9Cl2IN2O3S. The maximum absolute atomic E-state index is 12.0. The molecule has 19 heavy (non-hydrogen) atoms. The molecule has 0 aliphatic carbocycles. The lowest BCUT2D eigenvalue weighted by atomic mass is 10.1. The van der Waals surface area contributed by atoms with Gasteiger partial charge in [0.15, 0.2) is 0 Å². The normalized spacial score (nSPS) is 20.1. The Kier molecular flexibility index (Phi) is 4.59. The average Bonchev–Trinajstić information content (AvgIpc) is 2.61. The molecule has 1 saturated heterocycles. The van der Waals surface area contributed by atoms with Crippen molar-refractivity contribution in [1.29, 1.82) is 0 Å². The van der Waals surface area contributed by atoms with Crippen LogP contribution >= 0.6 is 44.9 Å². The Hall–Kier alpha value is -0.120. The van der Waals surface area contributed by atoms with Crippen molar-refractivity contribution in [2.24, 2.45) is 5.92 Å². The van der Waals surface area contributed by atoms with Crippen LogP contribution in [0.5, 0.6) is 0 Å². The van der Waals surface area contributed by atoms with Gasteiger partial charge in [-0.15, -0.1) is 0 Å². The van der Waals surface area contributed by atoms with Gasteiger partial charge in [-0.2, -0.15) is 0 Å². The fraction of sp³-hybridized carbons (Fsp3) is 0.400. The number of hydrogen-bond donors (Lipinski definition) is 0. The number of halogens is 3. The third kappa shape index (κ3) is 3.71. The van der Waals surface area contributed by atoms with Gasteiger partial charge < -0.3 is 4.90 Å². The highest BCUT2D eigenvalue weighted by molar-refractivity contribution is 14.1. The van der Waals surface area contributed by atoms with E-state index in [9.17, 15) is 13.2 Å². The van der Waals surface area contributed by atoms with Crippen LogP contribution in [0.4, 0.5) is 5.69 Å². The molecule has 1 aromatic heterocycles. The fourth-order valence-corrected chi connectivity index (χ4v) is 4.11. The van der Waals surface area contributed by atoms with Crippen LogP contribution in [-0.2, 0) is 13.8 Å². The van der Waals surface area contributed by atoms with Gasteiger partial charge in [-0.25, -0.2) is 13.4 Å². The molecule has 2 rings (SSSR count). The van der Waals surface area contributed by atoms with E-state index >= 15 is 0 Å². The smallest absolute Gasteiger partial charge is 0.232 e. The largest absolute Gasteiger partial charge is 0.311 e. The van der Waals surface area contributed by atoms with Crippen LogP contribution in [0.3, 0.4) is 0 Å². The van der Waals surface area contributed by atoms with Gasteiger partial charge in [-0.05, 0) is 28.7 Å². The zero-order valence-electron chi connectivity index (χ0n) is 9.51. The van der Waals surface area contributed by atoms with Crippen molar-refractivity contribution < 1.29 is 13.2 Å². The van der Waals surface area contributed by atoms with Gasteiger partial charge in [0.05, 0.1) is 15.0 Å². The summed E-state index contributed by atoms with van der Waals surface area (Å²) in [6.45, 7) is 0.321. The first-order chi connectivity index (χ1) is 8.78. The van der Waals surface area contributed by atoms with Gasteiger partial charge in [0.1, 0.15) is 5.15 Å². The van der Waals surface area contributed by atoms with Crippen molar-refractivity contribution in [1.82, 2.24) is 4.98 Å². The van der Waals surface area contributed by atoms with Gasteiger partial charge >= 0.3 is 0 Å². The Morgan fingerprint density at radius 3 is 2.84 bits per heavy atom. The summed E-state index contributed by atoms with van der Waals surface area (Å²) in [7, 11) is 1.62. The summed E-state index contributed by atoms with van der Waals surface area (Å²) in [5.41, 5.74) is 0.653. The minimum atomic E-state index is -3.60. The van der Waals surface area contributed by atoms with E-state index in [-0.39, 0.29) is 24.0 Å². The zero-order valence-corrected chi connectivity index (χ0v) is 14.0. The topological polar surface area (TPSA) is 67.3 Å². The Morgan fingerprint density at radius 1 is 1.53 bits per heavy atom. The summed E-state index contributed by atoms with van der Waals surface area (Å²) >= 11 is 7.92. The van der Waals surface area contributed by atoms with Gasteiger partial charge in [-0.1, -0.05) is 11.6 Å². The van der Waals surface area contributed by atoms with E-state index in [0.29, 0.717) is 21.0 Å². The molecule has 0 N–H and O–H groups in total. The van der Waals surface area contributed by atoms with Gasteiger partial charge in [0.25, 0.3) is 0 Å². The third-order valence-electron chi connectivity index (χ3n) is 2.76. The molecule has 1 aromatic rings. The molecule has 1 unspecified atom stereocenters. The summed E-state index contributed by atoms with van der Waals surface area (Å²) in [5, 5.41) is 0.319. The lowest BCUT2D eigenvalue weighted by Crippen LogP contribution is -2.26. The van der Waals surface area contributed by atoms with Crippen molar-refractivity contribution in [3.05, 3.63) is 21.0 Å². The highest BCUT2D eigenvalue weighted by Gasteiger charge is 2.34. The second-order valence-electron chi connectivity index (χ2n) is 4.21. The molecule has 1 atom stereocenters. The molecular weight excluding hydrogens is 426 g/mol. The lowest BCUT2D eigenvalue weighted by Gasteiger charge is -2.18. The number of carbonyl (C=O) groups is 1. The van der Waals surface area contributed by atoms with Crippen molar-refractivity contribution >= 4 is 65.5 Å². The highest BCUT2D eigenvalue weighted by Crippen LogP contribution is 2.32. The van der Waals surface area contributed by atoms with Gasteiger partial charge in [0.2, 0.25) is 15.0 Å². The molecule has 5 nitrogen and oxygen atoms in total. The fourth-order valence-electron chi connectivity index (χ4n) is 2.02. The number of anilines is 1. The number of carbonyl (C=O) groups excluding carboxylic acids is 1. The third-order valence-corrected chi connectivity index (χ3v) is 5.67. The van der Waals surface area contributed by atoms with E-state index in [2.05, 4.69) is 4.98 Å². The number of rotatable bonds is 3. The van der Waals surface area contributed by atoms with Crippen LogP contribution in [0, 0.1) is 9.49 Å². The molecule has 1 amide bonds. The quantitative estimate of drug-likeness (QED) is 0.415. The Balaban J connectivity index is 2.23. The van der Waals surface area contributed by atoms with Crippen LogP contribution in [0.1, 0.15) is 6.42 Å². The van der Waals surface area contributed by atoms with E-state index in [1.807, 2.05) is 22.6 Å². The Bertz CT molecular complexity index is 623. The first-order valence-corrected chi connectivity index (χ1v) is 9.24. The molecule has 1 fully saturated rings. The maximum Gasteiger partial charge on any atom is 0.232 e. The minimum absolute atomic E-state index is 0.134. The van der Waals surface area contributed by atoms with Crippen LogP contribution in [0.2, 0.25) is 5.15 Å². The van der Waals surface area contributed by atoms with Crippen LogP contribution in [0.15, 0.2) is 12.3 Å². The Morgan fingerprint density at radius 2 is 2.21 bits per heavy atom. The van der Waals surface area contributed by atoms with Gasteiger partial charge in [0, 0.05) is 35.8 Å². The average molecular weight is 435 g/mol. The molecule has 0 saturated carbocycles.